The van der Waals surface area contributed by atoms with Gasteiger partial charge in [-0.3, -0.25) is 0 Å². The van der Waals surface area contributed by atoms with Crippen molar-refractivity contribution in [3.05, 3.63) is 28.8 Å². The molecule has 0 amide bonds. The first-order valence-electron chi connectivity index (χ1n) is 6.74. The number of thioether (sulfide) groups is 1. The monoisotopic (exact) mass is 301 g/mol. The molecule has 0 atom stereocenters. The van der Waals surface area contributed by atoms with Gasteiger partial charge >= 0.3 is 0 Å². The molecule has 19 heavy (non-hydrogen) atoms. The van der Waals surface area contributed by atoms with Gasteiger partial charge in [-0.25, -0.2) is 0 Å². The highest BCUT2D eigenvalue weighted by Gasteiger charge is 2.05. The number of methoxy groups -OCH3 is 1. The fraction of sp³-hybridized carbons (Fsp3) is 0.600. The van der Waals surface area contributed by atoms with Crippen LogP contribution >= 0.6 is 23.4 Å². The summed E-state index contributed by atoms with van der Waals surface area (Å²) >= 11 is 7.99. The molecule has 0 spiro atoms. The van der Waals surface area contributed by atoms with E-state index < -0.39 is 0 Å². The Labute approximate surface area is 126 Å². The predicted molar refractivity (Wildman–Crippen MR) is 85.2 cm³/mol. The lowest BCUT2D eigenvalue weighted by atomic mass is 10.2. The fourth-order valence-corrected chi connectivity index (χ4v) is 3.19. The largest absolute Gasteiger partial charge is 0.383 e. The Balaban J connectivity index is 2.53. The number of halogens is 1. The van der Waals surface area contributed by atoms with E-state index in [4.69, 9.17) is 16.3 Å². The molecule has 1 aromatic rings. The molecule has 2 nitrogen and oxygen atoms in total. The van der Waals surface area contributed by atoms with Gasteiger partial charge in [0, 0.05) is 30.1 Å². The summed E-state index contributed by atoms with van der Waals surface area (Å²) in [6, 6.07) is 6.14. The van der Waals surface area contributed by atoms with Crippen LogP contribution in [-0.2, 0) is 11.3 Å². The van der Waals surface area contributed by atoms with Crippen LogP contribution in [0.1, 0.15) is 25.8 Å². The molecule has 0 bridgehead atoms. The molecule has 0 fully saturated rings. The lowest BCUT2D eigenvalue weighted by Crippen LogP contribution is -2.18. The topological polar surface area (TPSA) is 21.3 Å². The molecule has 0 aliphatic rings. The second-order valence-corrected chi connectivity index (χ2v) is 6.53. The smallest absolute Gasteiger partial charge is 0.0587 e. The van der Waals surface area contributed by atoms with Crippen molar-refractivity contribution in [3.8, 4) is 0 Å². The lowest BCUT2D eigenvalue weighted by molar-refractivity contribution is 0.199. The number of hydrogen-bond acceptors (Lipinski definition) is 3. The average Bonchev–Trinajstić information content (AvgIpc) is 2.36. The summed E-state index contributed by atoms with van der Waals surface area (Å²) in [5.41, 5.74) is 1.31. The summed E-state index contributed by atoms with van der Waals surface area (Å²) in [4.78, 5) is 1.29. The van der Waals surface area contributed by atoms with Gasteiger partial charge in [-0.05, 0) is 35.8 Å². The van der Waals surface area contributed by atoms with Crippen molar-refractivity contribution in [2.24, 2.45) is 5.92 Å². The number of ether oxygens (including phenoxy) is 1. The molecule has 0 aromatic heterocycles. The van der Waals surface area contributed by atoms with E-state index in [-0.39, 0.29) is 0 Å². The average molecular weight is 302 g/mol. The van der Waals surface area contributed by atoms with E-state index in [9.17, 15) is 0 Å². The van der Waals surface area contributed by atoms with Gasteiger partial charge < -0.3 is 10.1 Å². The molecule has 0 heterocycles. The molecule has 108 valence electrons. The molecule has 0 aliphatic heterocycles. The van der Waals surface area contributed by atoms with Crippen LogP contribution in [0.5, 0.6) is 0 Å². The highest BCUT2D eigenvalue weighted by Crippen LogP contribution is 2.27. The fourth-order valence-electron chi connectivity index (χ4n) is 1.61. The van der Waals surface area contributed by atoms with Gasteiger partial charge in [0.15, 0.2) is 0 Å². The van der Waals surface area contributed by atoms with Gasteiger partial charge in [0.1, 0.15) is 0 Å². The van der Waals surface area contributed by atoms with Gasteiger partial charge in [0.2, 0.25) is 0 Å². The van der Waals surface area contributed by atoms with Crippen LogP contribution in [0.4, 0.5) is 0 Å². The number of nitrogens with one attached hydrogen (secondary N) is 1. The van der Waals surface area contributed by atoms with Crippen LogP contribution in [-0.4, -0.2) is 26.0 Å². The predicted octanol–water partition coefficient (Wildman–Crippen LogP) is 4.21. The summed E-state index contributed by atoms with van der Waals surface area (Å²) in [5, 5.41) is 4.19. The van der Waals surface area contributed by atoms with Gasteiger partial charge in [0.25, 0.3) is 0 Å². The van der Waals surface area contributed by atoms with Crippen molar-refractivity contribution >= 4 is 23.4 Å². The van der Waals surface area contributed by atoms with Crippen molar-refractivity contribution < 1.29 is 4.74 Å². The van der Waals surface area contributed by atoms with Crippen molar-refractivity contribution in [3.63, 3.8) is 0 Å². The van der Waals surface area contributed by atoms with Crippen molar-refractivity contribution in [1.29, 1.82) is 0 Å². The molecule has 4 heteroatoms. The normalized spacial score (nSPS) is 11.2. The minimum Gasteiger partial charge on any atom is -0.383 e. The highest BCUT2D eigenvalue weighted by molar-refractivity contribution is 7.99. The van der Waals surface area contributed by atoms with Crippen LogP contribution in [0.2, 0.25) is 5.02 Å². The van der Waals surface area contributed by atoms with E-state index >= 15 is 0 Å². The Hall–Kier alpha value is -0.220. The number of benzene rings is 1. The molecule has 0 saturated carbocycles. The first kappa shape index (κ1) is 16.8. The second kappa shape index (κ2) is 9.65. The van der Waals surface area contributed by atoms with Crippen molar-refractivity contribution in [1.82, 2.24) is 5.32 Å². The van der Waals surface area contributed by atoms with E-state index in [1.165, 1.54) is 16.9 Å². The maximum atomic E-state index is 6.09. The zero-order valence-electron chi connectivity index (χ0n) is 12.0. The zero-order valence-corrected chi connectivity index (χ0v) is 13.6. The number of rotatable bonds is 9. The third kappa shape index (κ3) is 7.21. The van der Waals surface area contributed by atoms with E-state index in [0.717, 1.165) is 36.4 Å². The highest BCUT2D eigenvalue weighted by atomic mass is 35.5. The van der Waals surface area contributed by atoms with Gasteiger partial charge in [-0.2, -0.15) is 0 Å². The Bertz CT molecular complexity index is 371. The van der Waals surface area contributed by atoms with Gasteiger partial charge in [-0.1, -0.05) is 31.5 Å². The minimum absolute atomic E-state index is 0.739. The second-order valence-electron chi connectivity index (χ2n) is 4.95. The van der Waals surface area contributed by atoms with Crippen molar-refractivity contribution in [2.45, 2.75) is 31.7 Å². The molecule has 0 saturated heterocycles. The Morgan fingerprint density at radius 1 is 1.37 bits per heavy atom. The first-order chi connectivity index (χ1) is 9.13. The van der Waals surface area contributed by atoms with E-state index in [2.05, 4.69) is 31.3 Å². The maximum absolute atomic E-state index is 6.09. The third-order valence-electron chi connectivity index (χ3n) is 2.78. The zero-order chi connectivity index (χ0) is 14.1. The summed E-state index contributed by atoms with van der Waals surface area (Å²) in [7, 11) is 1.72. The Morgan fingerprint density at radius 3 is 2.84 bits per heavy atom. The van der Waals surface area contributed by atoms with Crippen molar-refractivity contribution in [2.75, 3.05) is 26.0 Å². The molecule has 1 rings (SSSR count). The molecule has 1 N–H and O–H groups in total. The molecule has 0 radical (unpaired) electrons. The third-order valence-corrected chi connectivity index (χ3v) is 4.15. The molecular formula is C15H24ClNOS. The molecule has 0 aliphatic carbocycles. The summed E-state index contributed by atoms with van der Waals surface area (Å²) < 4.78 is 5.03. The standard InChI is InChI=1S/C15H24ClNOS/c1-12(2)6-9-19-15-10-14(16)5-4-13(15)11-17-7-8-18-3/h4-5,10,12,17H,6-9,11H2,1-3H3. The quantitative estimate of drug-likeness (QED) is 0.545. The number of hydrogen-bond donors (Lipinski definition) is 1. The Morgan fingerprint density at radius 2 is 2.16 bits per heavy atom. The first-order valence-corrected chi connectivity index (χ1v) is 8.10. The molecule has 1 aromatic carbocycles. The van der Waals surface area contributed by atoms with E-state index in [1.54, 1.807) is 7.11 Å². The Kier molecular flexibility index (Phi) is 8.55. The van der Waals surface area contributed by atoms with Crippen LogP contribution in [0.3, 0.4) is 0 Å². The summed E-state index contributed by atoms with van der Waals surface area (Å²) in [6.07, 6.45) is 1.23. The van der Waals surface area contributed by atoms with Gasteiger partial charge in [0.05, 0.1) is 6.61 Å². The minimum atomic E-state index is 0.739. The molecular weight excluding hydrogens is 278 g/mol. The lowest BCUT2D eigenvalue weighted by Gasteiger charge is -2.11. The van der Waals surface area contributed by atoms with Crippen LogP contribution < -0.4 is 5.32 Å². The van der Waals surface area contributed by atoms with Crippen LogP contribution in [0, 0.1) is 5.92 Å². The van der Waals surface area contributed by atoms with E-state index in [1.807, 2.05) is 17.8 Å². The summed E-state index contributed by atoms with van der Waals surface area (Å²) in [5.74, 6) is 1.89. The maximum Gasteiger partial charge on any atom is 0.0587 e. The van der Waals surface area contributed by atoms with Crippen LogP contribution in [0.25, 0.3) is 0 Å². The van der Waals surface area contributed by atoms with E-state index in [0.29, 0.717) is 0 Å². The van der Waals surface area contributed by atoms with Crippen LogP contribution in [0.15, 0.2) is 23.1 Å². The molecule has 0 unspecified atom stereocenters. The van der Waals surface area contributed by atoms with Gasteiger partial charge in [-0.15, -0.1) is 11.8 Å². The SMILES string of the molecule is COCCNCc1ccc(Cl)cc1SCCC(C)C. The summed E-state index contributed by atoms with van der Waals surface area (Å²) in [6.45, 7) is 6.99.